The van der Waals surface area contributed by atoms with Gasteiger partial charge in [-0.2, -0.15) is 0 Å². The van der Waals surface area contributed by atoms with Gasteiger partial charge in [-0.1, -0.05) is 6.42 Å². The lowest BCUT2D eigenvalue weighted by molar-refractivity contribution is 0.134. The predicted octanol–water partition coefficient (Wildman–Crippen LogP) is 3.07. The number of anilines is 1. The predicted molar refractivity (Wildman–Crippen MR) is 73.6 cm³/mol. The van der Waals surface area contributed by atoms with E-state index in [1.807, 2.05) is 19.1 Å². The monoisotopic (exact) mass is 249 g/mol. The highest BCUT2D eigenvalue weighted by Gasteiger charge is 2.25. The number of aromatic nitrogens is 1. The Bertz CT molecular complexity index is 373. The largest absolute Gasteiger partial charge is 0.490 e. The van der Waals surface area contributed by atoms with Crippen molar-refractivity contribution >= 4 is 5.82 Å². The van der Waals surface area contributed by atoms with E-state index in [4.69, 9.17) is 4.74 Å². The molecule has 2 unspecified atom stereocenters. The summed E-state index contributed by atoms with van der Waals surface area (Å²) >= 11 is 0. The van der Waals surface area contributed by atoms with E-state index in [0.717, 1.165) is 11.6 Å². The van der Waals surface area contributed by atoms with Crippen LogP contribution in [0, 0.1) is 0 Å². The first-order valence-electron chi connectivity index (χ1n) is 6.85. The van der Waals surface area contributed by atoms with E-state index in [-0.39, 0.29) is 0 Å². The van der Waals surface area contributed by atoms with Gasteiger partial charge in [0.2, 0.25) is 0 Å². The minimum Gasteiger partial charge on any atom is -0.490 e. The number of rotatable bonds is 4. The SMILES string of the molecule is CCOc1cccnc1NN1C(C)CCCC1C. The minimum atomic E-state index is 0.533. The van der Waals surface area contributed by atoms with Crippen molar-refractivity contribution in [1.82, 2.24) is 9.99 Å². The Kier molecular flexibility index (Phi) is 4.42. The topological polar surface area (TPSA) is 37.4 Å². The molecule has 2 rings (SSSR count). The number of nitrogens with one attached hydrogen (secondary N) is 1. The first kappa shape index (κ1) is 13.1. The zero-order valence-corrected chi connectivity index (χ0v) is 11.5. The average Bonchev–Trinajstić information content (AvgIpc) is 2.36. The summed E-state index contributed by atoms with van der Waals surface area (Å²) in [6.07, 6.45) is 5.56. The van der Waals surface area contributed by atoms with E-state index in [2.05, 4.69) is 29.3 Å². The molecule has 1 saturated heterocycles. The van der Waals surface area contributed by atoms with Crippen molar-refractivity contribution in [3.05, 3.63) is 18.3 Å². The fourth-order valence-corrected chi connectivity index (χ4v) is 2.51. The first-order valence-corrected chi connectivity index (χ1v) is 6.85. The molecule has 1 aliphatic rings. The van der Waals surface area contributed by atoms with Crippen LogP contribution in [0.4, 0.5) is 5.82 Å². The number of ether oxygens (including phenoxy) is 1. The summed E-state index contributed by atoms with van der Waals surface area (Å²) in [6, 6.07) is 4.92. The van der Waals surface area contributed by atoms with E-state index in [0.29, 0.717) is 18.7 Å². The highest BCUT2D eigenvalue weighted by atomic mass is 16.5. The lowest BCUT2D eigenvalue weighted by Crippen LogP contribution is -2.47. The van der Waals surface area contributed by atoms with E-state index in [1.165, 1.54) is 19.3 Å². The summed E-state index contributed by atoms with van der Waals surface area (Å²) in [5, 5.41) is 2.30. The number of hydrogen-bond donors (Lipinski definition) is 1. The molecule has 2 atom stereocenters. The number of hydrazine groups is 1. The molecule has 1 fully saturated rings. The fourth-order valence-electron chi connectivity index (χ4n) is 2.51. The van der Waals surface area contributed by atoms with Crippen molar-refractivity contribution in [2.75, 3.05) is 12.0 Å². The lowest BCUT2D eigenvalue weighted by Gasteiger charge is -2.39. The average molecular weight is 249 g/mol. The van der Waals surface area contributed by atoms with Crippen LogP contribution in [-0.2, 0) is 0 Å². The maximum absolute atomic E-state index is 5.60. The quantitative estimate of drug-likeness (QED) is 0.890. The van der Waals surface area contributed by atoms with Crippen molar-refractivity contribution in [3.8, 4) is 5.75 Å². The molecule has 0 spiro atoms. The van der Waals surface area contributed by atoms with Crippen molar-refractivity contribution < 1.29 is 4.74 Å². The third-order valence-electron chi connectivity index (χ3n) is 3.50. The molecule has 0 aliphatic carbocycles. The summed E-state index contributed by atoms with van der Waals surface area (Å²) in [7, 11) is 0. The van der Waals surface area contributed by atoms with Gasteiger partial charge < -0.3 is 4.74 Å². The van der Waals surface area contributed by atoms with Crippen LogP contribution in [0.15, 0.2) is 18.3 Å². The number of piperidine rings is 1. The highest BCUT2D eigenvalue weighted by Crippen LogP contribution is 2.27. The van der Waals surface area contributed by atoms with Gasteiger partial charge in [-0.3, -0.25) is 5.43 Å². The van der Waals surface area contributed by atoms with Crippen LogP contribution in [0.5, 0.6) is 5.75 Å². The molecule has 1 aromatic rings. The maximum Gasteiger partial charge on any atom is 0.183 e. The smallest absolute Gasteiger partial charge is 0.183 e. The van der Waals surface area contributed by atoms with Gasteiger partial charge in [0, 0.05) is 18.3 Å². The van der Waals surface area contributed by atoms with Crippen LogP contribution >= 0.6 is 0 Å². The van der Waals surface area contributed by atoms with Crippen molar-refractivity contribution in [3.63, 3.8) is 0 Å². The summed E-state index contributed by atoms with van der Waals surface area (Å²) in [6.45, 7) is 7.16. The summed E-state index contributed by atoms with van der Waals surface area (Å²) in [5.74, 6) is 1.64. The van der Waals surface area contributed by atoms with E-state index in [9.17, 15) is 0 Å². The Balaban J connectivity index is 2.12. The van der Waals surface area contributed by atoms with Gasteiger partial charge in [0.05, 0.1) is 6.61 Å². The van der Waals surface area contributed by atoms with Crippen LogP contribution < -0.4 is 10.2 Å². The molecule has 100 valence electrons. The standard InChI is InChI=1S/C14H23N3O/c1-4-18-13-9-6-10-15-14(13)16-17-11(2)7-5-8-12(17)3/h6,9-12H,4-5,7-8H2,1-3H3,(H,15,16). The van der Waals surface area contributed by atoms with Gasteiger partial charge in [0.25, 0.3) is 0 Å². The number of pyridine rings is 1. The molecule has 2 heterocycles. The summed E-state index contributed by atoms with van der Waals surface area (Å²) < 4.78 is 5.60. The molecule has 4 nitrogen and oxygen atoms in total. The zero-order chi connectivity index (χ0) is 13.0. The van der Waals surface area contributed by atoms with Gasteiger partial charge in [-0.05, 0) is 45.7 Å². The summed E-state index contributed by atoms with van der Waals surface area (Å²) in [4.78, 5) is 4.38. The molecule has 0 aromatic carbocycles. The minimum absolute atomic E-state index is 0.533. The van der Waals surface area contributed by atoms with E-state index in [1.54, 1.807) is 6.20 Å². The van der Waals surface area contributed by atoms with Gasteiger partial charge in [0.1, 0.15) is 0 Å². The first-order chi connectivity index (χ1) is 8.72. The Morgan fingerprint density at radius 3 is 2.78 bits per heavy atom. The zero-order valence-electron chi connectivity index (χ0n) is 11.5. The Labute approximate surface area is 109 Å². The van der Waals surface area contributed by atoms with Crippen molar-refractivity contribution in [2.24, 2.45) is 0 Å². The van der Waals surface area contributed by atoms with Gasteiger partial charge in [-0.15, -0.1) is 0 Å². The molecule has 1 aliphatic heterocycles. The highest BCUT2D eigenvalue weighted by molar-refractivity contribution is 5.48. The van der Waals surface area contributed by atoms with Crippen LogP contribution in [0.25, 0.3) is 0 Å². The molecule has 0 saturated carbocycles. The van der Waals surface area contributed by atoms with Gasteiger partial charge >= 0.3 is 0 Å². The summed E-state index contributed by atoms with van der Waals surface area (Å²) in [5.41, 5.74) is 3.43. The normalized spacial score (nSPS) is 24.8. The number of nitrogens with zero attached hydrogens (tertiary/aromatic N) is 2. The van der Waals surface area contributed by atoms with Crippen LogP contribution in [0.3, 0.4) is 0 Å². The van der Waals surface area contributed by atoms with Crippen LogP contribution in [-0.4, -0.2) is 28.7 Å². The Hall–Kier alpha value is -1.29. The molecular weight excluding hydrogens is 226 g/mol. The van der Waals surface area contributed by atoms with Crippen LogP contribution in [0.2, 0.25) is 0 Å². The third-order valence-corrected chi connectivity index (χ3v) is 3.50. The Morgan fingerprint density at radius 2 is 2.11 bits per heavy atom. The fraction of sp³-hybridized carbons (Fsp3) is 0.643. The van der Waals surface area contributed by atoms with Crippen molar-refractivity contribution in [2.45, 2.75) is 52.1 Å². The second-order valence-corrected chi connectivity index (χ2v) is 4.93. The third kappa shape index (κ3) is 2.93. The van der Waals surface area contributed by atoms with E-state index < -0.39 is 0 Å². The second-order valence-electron chi connectivity index (χ2n) is 4.93. The maximum atomic E-state index is 5.60. The van der Waals surface area contributed by atoms with Gasteiger partial charge in [0.15, 0.2) is 11.6 Å². The van der Waals surface area contributed by atoms with Gasteiger partial charge in [-0.25, -0.2) is 9.99 Å². The molecule has 0 bridgehead atoms. The molecule has 18 heavy (non-hydrogen) atoms. The molecule has 1 N–H and O–H groups in total. The molecular formula is C14H23N3O. The number of hydrogen-bond acceptors (Lipinski definition) is 4. The Morgan fingerprint density at radius 1 is 1.39 bits per heavy atom. The molecule has 4 heteroatoms. The molecule has 0 radical (unpaired) electrons. The van der Waals surface area contributed by atoms with E-state index >= 15 is 0 Å². The lowest BCUT2D eigenvalue weighted by atomic mass is 10.00. The molecule has 0 amide bonds. The van der Waals surface area contributed by atoms with Crippen molar-refractivity contribution in [1.29, 1.82) is 0 Å². The van der Waals surface area contributed by atoms with Crippen LogP contribution in [0.1, 0.15) is 40.0 Å². The molecule has 1 aromatic heterocycles. The second kappa shape index (κ2) is 6.05.